The van der Waals surface area contributed by atoms with Crippen LogP contribution < -0.4 is 26.0 Å². The normalized spacial score (nSPS) is 17.2. The summed E-state index contributed by atoms with van der Waals surface area (Å²) in [6.07, 6.45) is 3.53. The summed E-state index contributed by atoms with van der Waals surface area (Å²) in [7, 11) is 0. The second-order valence-corrected chi connectivity index (χ2v) is 8.34. The summed E-state index contributed by atoms with van der Waals surface area (Å²) in [4.78, 5) is 16.9. The number of benzene rings is 2. The van der Waals surface area contributed by atoms with E-state index in [0.717, 1.165) is 68.4 Å². The smallest absolute Gasteiger partial charge is 0.251 e. The van der Waals surface area contributed by atoms with Crippen LogP contribution in [0.5, 0.6) is 5.75 Å². The zero-order chi connectivity index (χ0) is 22.2. The Kier molecular flexibility index (Phi) is 7.61. The number of aliphatic imine (C=N–C) groups is 1. The van der Waals surface area contributed by atoms with Crippen LogP contribution in [0.3, 0.4) is 0 Å². The Hall–Kier alpha value is -3.06. The fraction of sp³-hybridized carbons (Fsp3) is 0.440. The third-order valence-electron chi connectivity index (χ3n) is 6.06. The Morgan fingerprint density at radius 3 is 2.50 bits per heavy atom. The van der Waals surface area contributed by atoms with E-state index in [-0.39, 0.29) is 12.0 Å². The Bertz CT molecular complexity index is 905. The van der Waals surface area contributed by atoms with E-state index in [1.54, 1.807) is 0 Å². The van der Waals surface area contributed by atoms with Crippen LogP contribution in [0.4, 0.5) is 5.69 Å². The highest BCUT2D eigenvalue weighted by molar-refractivity contribution is 5.95. The van der Waals surface area contributed by atoms with Gasteiger partial charge in [-0.25, -0.2) is 0 Å². The molecule has 2 aliphatic rings. The number of guanidine groups is 1. The molecule has 1 saturated heterocycles. The van der Waals surface area contributed by atoms with Crippen molar-refractivity contribution in [3.63, 3.8) is 0 Å². The van der Waals surface area contributed by atoms with Crippen LogP contribution in [0.2, 0.25) is 0 Å². The molecular weight excluding hydrogens is 402 g/mol. The van der Waals surface area contributed by atoms with Gasteiger partial charge in [0.2, 0.25) is 0 Å². The van der Waals surface area contributed by atoms with Crippen LogP contribution in [0.25, 0.3) is 0 Å². The lowest BCUT2D eigenvalue weighted by atomic mass is 9.90. The molecule has 1 atom stereocenters. The molecule has 2 aliphatic heterocycles. The van der Waals surface area contributed by atoms with Crippen LogP contribution in [0, 0.1) is 5.92 Å². The molecular formula is C25H33N5O2. The van der Waals surface area contributed by atoms with Crippen LogP contribution in [-0.2, 0) is 6.54 Å². The van der Waals surface area contributed by atoms with Crippen molar-refractivity contribution >= 4 is 17.6 Å². The molecule has 2 aromatic carbocycles. The average molecular weight is 436 g/mol. The van der Waals surface area contributed by atoms with Crippen LogP contribution in [0.15, 0.2) is 53.5 Å². The molecule has 7 nitrogen and oxygen atoms in total. The van der Waals surface area contributed by atoms with Gasteiger partial charge in [0.25, 0.3) is 5.91 Å². The lowest BCUT2D eigenvalue weighted by molar-refractivity contribution is 0.0950. The molecule has 0 radical (unpaired) electrons. The molecule has 4 N–H and O–H groups in total. The van der Waals surface area contributed by atoms with Crippen molar-refractivity contribution in [2.75, 3.05) is 31.5 Å². The molecule has 0 aliphatic carbocycles. The van der Waals surface area contributed by atoms with Crippen molar-refractivity contribution < 1.29 is 9.53 Å². The van der Waals surface area contributed by atoms with Crippen molar-refractivity contribution in [3.8, 4) is 5.75 Å². The molecule has 1 amide bonds. The average Bonchev–Trinajstić information content (AvgIpc) is 3.36. The number of hydrogen-bond donors (Lipinski definition) is 4. The second kappa shape index (κ2) is 11.0. The number of nitrogens with one attached hydrogen (secondary N) is 4. The first-order valence-electron chi connectivity index (χ1n) is 11.6. The van der Waals surface area contributed by atoms with E-state index in [9.17, 15) is 4.79 Å². The minimum absolute atomic E-state index is 0.0892. The number of ether oxygens (including phenoxy) is 1. The predicted octanol–water partition coefficient (Wildman–Crippen LogP) is 3.14. The van der Waals surface area contributed by atoms with E-state index in [4.69, 9.17) is 4.74 Å². The minimum atomic E-state index is -0.0892. The number of amides is 1. The van der Waals surface area contributed by atoms with E-state index in [1.807, 2.05) is 48.5 Å². The number of nitrogens with zero attached hydrogens (tertiary/aromatic N) is 1. The summed E-state index contributed by atoms with van der Waals surface area (Å²) in [5.41, 5.74) is 2.65. The molecule has 0 aromatic heterocycles. The van der Waals surface area contributed by atoms with Gasteiger partial charge in [-0.1, -0.05) is 19.1 Å². The van der Waals surface area contributed by atoms with Gasteiger partial charge in [0.15, 0.2) is 5.96 Å². The fourth-order valence-electron chi connectivity index (χ4n) is 4.20. The molecule has 1 unspecified atom stereocenters. The van der Waals surface area contributed by atoms with Gasteiger partial charge in [-0.15, -0.1) is 0 Å². The highest BCUT2D eigenvalue weighted by Gasteiger charge is 2.23. The zero-order valence-electron chi connectivity index (χ0n) is 18.7. The molecule has 2 aromatic rings. The Labute approximate surface area is 190 Å². The first-order chi connectivity index (χ1) is 15.7. The highest BCUT2D eigenvalue weighted by Crippen LogP contribution is 2.24. The maximum absolute atomic E-state index is 12.6. The molecule has 170 valence electrons. The van der Waals surface area contributed by atoms with Gasteiger partial charge in [0.05, 0.1) is 6.54 Å². The van der Waals surface area contributed by atoms with Crippen LogP contribution >= 0.6 is 0 Å². The van der Waals surface area contributed by atoms with Crippen LogP contribution in [0.1, 0.15) is 42.1 Å². The molecule has 1 fully saturated rings. The van der Waals surface area contributed by atoms with E-state index < -0.39 is 0 Å². The maximum Gasteiger partial charge on any atom is 0.251 e. The van der Waals surface area contributed by atoms with E-state index >= 15 is 0 Å². The zero-order valence-corrected chi connectivity index (χ0v) is 18.7. The van der Waals surface area contributed by atoms with Gasteiger partial charge < -0.3 is 26.0 Å². The number of piperidine rings is 1. The standard InChI is InChI=1S/C25H33N5O2/c1-2-23(19-11-13-26-14-12-19)32-22-9-5-20(6-10-22)24(31)29-17-18-3-7-21(8-4-18)30-25-27-15-16-28-25/h3-10,19,23,26H,2,11-17H2,1H3,(H,29,31)(H2,27,28,30). The number of carbonyl (C=O) groups excluding carboxylic acids is 1. The topological polar surface area (TPSA) is 86.8 Å². The second-order valence-electron chi connectivity index (χ2n) is 8.34. The molecule has 0 spiro atoms. The maximum atomic E-state index is 12.6. The lowest BCUT2D eigenvalue weighted by Gasteiger charge is -2.30. The third kappa shape index (κ3) is 6.01. The van der Waals surface area contributed by atoms with Crippen molar-refractivity contribution in [1.82, 2.24) is 16.0 Å². The van der Waals surface area contributed by atoms with E-state index in [0.29, 0.717) is 18.0 Å². The summed E-state index contributed by atoms with van der Waals surface area (Å²) in [6, 6.07) is 15.5. The first-order valence-corrected chi connectivity index (χ1v) is 11.6. The molecule has 7 heteroatoms. The number of rotatable bonds is 8. The molecule has 0 bridgehead atoms. The fourth-order valence-corrected chi connectivity index (χ4v) is 4.20. The summed E-state index contributed by atoms with van der Waals surface area (Å²) < 4.78 is 6.25. The minimum Gasteiger partial charge on any atom is -0.490 e. The van der Waals surface area contributed by atoms with Gasteiger partial charge in [0, 0.05) is 24.3 Å². The monoisotopic (exact) mass is 435 g/mol. The summed E-state index contributed by atoms with van der Waals surface area (Å²) in [5, 5.41) is 12.8. The summed E-state index contributed by atoms with van der Waals surface area (Å²) >= 11 is 0. The van der Waals surface area contributed by atoms with Gasteiger partial charge in [-0.05, 0) is 80.2 Å². The van der Waals surface area contributed by atoms with Crippen molar-refractivity contribution in [3.05, 3.63) is 59.7 Å². The molecule has 2 heterocycles. The summed E-state index contributed by atoms with van der Waals surface area (Å²) in [5.74, 6) is 2.14. The predicted molar refractivity (Wildman–Crippen MR) is 128 cm³/mol. The van der Waals surface area contributed by atoms with Crippen LogP contribution in [-0.4, -0.2) is 44.1 Å². The SMILES string of the molecule is CCC(Oc1ccc(C(=O)NCc2ccc(NC3=NCCN3)cc2)cc1)C1CCNCC1. The molecule has 32 heavy (non-hydrogen) atoms. The molecule has 4 rings (SSSR count). The lowest BCUT2D eigenvalue weighted by Crippen LogP contribution is -2.36. The number of carbonyl (C=O) groups is 1. The van der Waals surface area contributed by atoms with Gasteiger partial charge >= 0.3 is 0 Å². The van der Waals surface area contributed by atoms with E-state index in [2.05, 4.69) is 33.2 Å². The Balaban J connectivity index is 1.26. The van der Waals surface area contributed by atoms with Crippen molar-refractivity contribution in [1.29, 1.82) is 0 Å². The summed E-state index contributed by atoms with van der Waals surface area (Å²) in [6.45, 7) is 6.46. The molecule has 0 saturated carbocycles. The number of anilines is 1. The van der Waals surface area contributed by atoms with E-state index in [1.165, 1.54) is 0 Å². The highest BCUT2D eigenvalue weighted by atomic mass is 16.5. The largest absolute Gasteiger partial charge is 0.490 e. The van der Waals surface area contributed by atoms with Gasteiger partial charge in [-0.3, -0.25) is 9.79 Å². The first kappa shape index (κ1) is 22.1. The Morgan fingerprint density at radius 2 is 1.84 bits per heavy atom. The number of hydrogen-bond acceptors (Lipinski definition) is 6. The van der Waals surface area contributed by atoms with Crippen molar-refractivity contribution in [2.45, 2.75) is 38.8 Å². The van der Waals surface area contributed by atoms with Gasteiger partial charge in [-0.2, -0.15) is 0 Å². The van der Waals surface area contributed by atoms with Crippen molar-refractivity contribution in [2.24, 2.45) is 10.9 Å². The third-order valence-corrected chi connectivity index (χ3v) is 6.06. The quantitative estimate of drug-likeness (QED) is 0.512. The van der Waals surface area contributed by atoms with Gasteiger partial charge in [0.1, 0.15) is 11.9 Å². The Morgan fingerprint density at radius 1 is 1.09 bits per heavy atom.